The van der Waals surface area contributed by atoms with Gasteiger partial charge in [-0.15, -0.1) is 0 Å². The first-order valence-electron chi connectivity index (χ1n) is 10.4. The predicted octanol–water partition coefficient (Wildman–Crippen LogP) is 4.56. The van der Waals surface area contributed by atoms with Gasteiger partial charge in [-0.25, -0.2) is 9.97 Å². The Labute approximate surface area is 201 Å². The number of carbonyl (C=O) groups is 1. The number of hydrogen-bond acceptors (Lipinski definition) is 6. The first-order chi connectivity index (χ1) is 15.4. The molecule has 0 saturated carbocycles. The summed E-state index contributed by atoms with van der Waals surface area (Å²) in [6, 6.07) is 8.76. The summed E-state index contributed by atoms with van der Waals surface area (Å²) in [5.74, 6) is -0.00450. The van der Waals surface area contributed by atoms with Crippen molar-refractivity contribution in [3.05, 3.63) is 56.9 Å². The zero-order valence-corrected chi connectivity index (χ0v) is 20.3. The number of aromatic nitrogens is 3. The lowest BCUT2D eigenvalue weighted by molar-refractivity contribution is -0.113. The number of benzene rings is 1. The second-order valence-electron chi connectivity index (χ2n) is 7.07. The number of para-hydroxylation sites is 1. The Morgan fingerprint density at radius 2 is 1.97 bits per heavy atom. The topological polar surface area (TPSA) is 80.1 Å². The standard InChI is InChI=1S/C22H25Cl2N5O2S/c1-3-28(4-2)10-7-11-29-21(31)16-8-5-6-9-18(16)26-22(29)32-14-19(30)27-20-17(24)12-15(23)13-25-20/h5-6,8-9,12-13H,3-4,7,10-11,14H2,1-2H3,(H,25,27,30). The van der Waals surface area contributed by atoms with Gasteiger partial charge < -0.3 is 10.2 Å². The van der Waals surface area contributed by atoms with Crippen molar-refractivity contribution in [2.45, 2.75) is 32.0 Å². The number of anilines is 1. The molecule has 0 aliphatic carbocycles. The molecule has 32 heavy (non-hydrogen) atoms. The van der Waals surface area contributed by atoms with E-state index >= 15 is 0 Å². The molecule has 0 aliphatic rings. The molecule has 7 nitrogen and oxygen atoms in total. The van der Waals surface area contributed by atoms with Gasteiger partial charge >= 0.3 is 0 Å². The van der Waals surface area contributed by atoms with Crippen LogP contribution in [0.1, 0.15) is 20.3 Å². The van der Waals surface area contributed by atoms with Gasteiger partial charge in [0.25, 0.3) is 5.56 Å². The number of fused-ring (bicyclic) bond motifs is 1. The van der Waals surface area contributed by atoms with Gasteiger partial charge in [0.15, 0.2) is 11.0 Å². The van der Waals surface area contributed by atoms with E-state index < -0.39 is 0 Å². The lowest BCUT2D eigenvalue weighted by atomic mass is 10.2. The molecule has 3 aromatic rings. The number of nitrogens with one attached hydrogen (secondary N) is 1. The molecule has 0 spiro atoms. The monoisotopic (exact) mass is 493 g/mol. The number of pyridine rings is 1. The van der Waals surface area contributed by atoms with Gasteiger partial charge in [-0.2, -0.15) is 0 Å². The summed E-state index contributed by atoms with van der Waals surface area (Å²) in [5, 5.41) is 4.40. The van der Waals surface area contributed by atoms with Gasteiger partial charge in [0.2, 0.25) is 5.91 Å². The van der Waals surface area contributed by atoms with Crippen molar-refractivity contribution in [1.82, 2.24) is 19.4 Å². The third-order valence-electron chi connectivity index (χ3n) is 4.98. The highest BCUT2D eigenvalue weighted by molar-refractivity contribution is 7.99. The number of thioether (sulfide) groups is 1. The molecule has 0 fully saturated rings. The molecular weight excluding hydrogens is 469 g/mol. The molecule has 0 bridgehead atoms. The van der Waals surface area contributed by atoms with E-state index in [1.165, 1.54) is 24.0 Å². The summed E-state index contributed by atoms with van der Waals surface area (Å²) in [4.78, 5) is 36.6. The minimum absolute atomic E-state index is 0.0570. The Bertz CT molecular complexity index is 1150. The number of amides is 1. The number of carbonyl (C=O) groups excluding carboxylic acids is 1. The molecule has 3 rings (SSSR count). The summed E-state index contributed by atoms with van der Waals surface area (Å²) in [6.07, 6.45) is 2.22. The first kappa shape index (κ1) is 24.5. The van der Waals surface area contributed by atoms with Gasteiger partial charge in [-0.05, 0) is 44.3 Å². The van der Waals surface area contributed by atoms with Crippen molar-refractivity contribution >= 4 is 57.6 Å². The zero-order chi connectivity index (χ0) is 23.1. The molecule has 1 aromatic carbocycles. The fraction of sp³-hybridized carbons (Fsp3) is 0.364. The third kappa shape index (κ3) is 6.22. The van der Waals surface area contributed by atoms with Crippen molar-refractivity contribution < 1.29 is 4.79 Å². The van der Waals surface area contributed by atoms with Crippen molar-refractivity contribution in [2.24, 2.45) is 0 Å². The van der Waals surface area contributed by atoms with Crippen LogP contribution in [0.25, 0.3) is 10.9 Å². The SMILES string of the molecule is CCN(CC)CCCn1c(SCC(=O)Nc2ncc(Cl)cc2Cl)nc2ccccc2c1=O. The normalized spacial score (nSPS) is 11.3. The minimum Gasteiger partial charge on any atom is -0.309 e. The van der Waals surface area contributed by atoms with E-state index in [1.54, 1.807) is 16.7 Å². The molecule has 0 radical (unpaired) electrons. The van der Waals surface area contributed by atoms with Crippen molar-refractivity contribution in [3.63, 3.8) is 0 Å². The zero-order valence-electron chi connectivity index (χ0n) is 18.0. The van der Waals surface area contributed by atoms with Crippen LogP contribution in [0.3, 0.4) is 0 Å². The molecule has 0 unspecified atom stereocenters. The highest BCUT2D eigenvalue weighted by Gasteiger charge is 2.15. The maximum atomic E-state index is 13.1. The average molecular weight is 494 g/mol. The quantitative estimate of drug-likeness (QED) is 0.329. The van der Waals surface area contributed by atoms with Crippen molar-refractivity contribution in [3.8, 4) is 0 Å². The highest BCUT2D eigenvalue weighted by Crippen LogP contribution is 2.23. The van der Waals surface area contributed by atoms with Gasteiger partial charge in [0, 0.05) is 12.7 Å². The summed E-state index contributed by atoms with van der Waals surface area (Å²) < 4.78 is 1.66. The molecule has 0 aliphatic heterocycles. The van der Waals surface area contributed by atoms with Crippen LogP contribution >= 0.6 is 35.0 Å². The summed E-state index contributed by atoms with van der Waals surface area (Å²) in [5.41, 5.74) is 0.517. The van der Waals surface area contributed by atoms with E-state index in [0.717, 1.165) is 26.1 Å². The Morgan fingerprint density at radius 1 is 1.22 bits per heavy atom. The van der Waals surface area contributed by atoms with E-state index in [9.17, 15) is 9.59 Å². The van der Waals surface area contributed by atoms with Crippen LogP contribution in [0.2, 0.25) is 10.0 Å². The Balaban J connectivity index is 1.77. The number of halogens is 2. The van der Waals surface area contributed by atoms with Gasteiger partial charge in [-0.3, -0.25) is 14.2 Å². The van der Waals surface area contributed by atoms with Gasteiger partial charge in [-0.1, -0.05) is 60.9 Å². The molecule has 0 saturated heterocycles. The second kappa shape index (κ2) is 11.7. The van der Waals surface area contributed by atoms with E-state index in [4.69, 9.17) is 23.2 Å². The van der Waals surface area contributed by atoms with Crippen LogP contribution in [0.5, 0.6) is 0 Å². The average Bonchev–Trinajstić information content (AvgIpc) is 2.78. The van der Waals surface area contributed by atoms with Crippen molar-refractivity contribution in [1.29, 1.82) is 0 Å². The van der Waals surface area contributed by atoms with Crippen LogP contribution in [0.4, 0.5) is 5.82 Å². The molecule has 0 atom stereocenters. The van der Waals surface area contributed by atoms with Crippen LogP contribution in [0, 0.1) is 0 Å². The van der Waals surface area contributed by atoms with Gasteiger partial charge in [0.05, 0.1) is 26.7 Å². The molecule has 2 aromatic heterocycles. The Morgan fingerprint density at radius 3 is 2.69 bits per heavy atom. The molecule has 1 amide bonds. The smallest absolute Gasteiger partial charge is 0.262 e. The van der Waals surface area contributed by atoms with E-state index in [2.05, 4.69) is 34.0 Å². The Hall–Kier alpha value is -2.13. The van der Waals surface area contributed by atoms with Crippen LogP contribution in [-0.2, 0) is 11.3 Å². The molecule has 2 heterocycles. The van der Waals surface area contributed by atoms with Crippen LogP contribution < -0.4 is 10.9 Å². The van der Waals surface area contributed by atoms with Gasteiger partial charge in [0.1, 0.15) is 0 Å². The molecule has 1 N–H and O–H groups in total. The summed E-state index contributed by atoms with van der Waals surface area (Å²) >= 11 is 13.1. The first-order valence-corrected chi connectivity index (χ1v) is 12.1. The minimum atomic E-state index is -0.302. The predicted molar refractivity (Wildman–Crippen MR) is 132 cm³/mol. The fourth-order valence-corrected chi connectivity index (χ4v) is 4.50. The molecule has 10 heteroatoms. The van der Waals surface area contributed by atoms with Crippen LogP contribution in [-0.4, -0.2) is 50.7 Å². The largest absolute Gasteiger partial charge is 0.309 e. The summed E-state index contributed by atoms with van der Waals surface area (Å²) in [7, 11) is 0. The lowest BCUT2D eigenvalue weighted by Crippen LogP contribution is -2.28. The maximum absolute atomic E-state index is 13.1. The highest BCUT2D eigenvalue weighted by atomic mass is 35.5. The van der Waals surface area contributed by atoms with Crippen LogP contribution in [0.15, 0.2) is 46.5 Å². The van der Waals surface area contributed by atoms with E-state index in [0.29, 0.717) is 27.6 Å². The third-order valence-corrected chi connectivity index (χ3v) is 6.45. The summed E-state index contributed by atoms with van der Waals surface area (Å²) in [6.45, 7) is 7.58. The van der Waals surface area contributed by atoms with E-state index in [-0.39, 0.29) is 28.1 Å². The maximum Gasteiger partial charge on any atom is 0.262 e. The lowest BCUT2D eigenvalue weighted by Gasteiger charge is -2.19. The van der Waals surface area contributed by atoms with E-state index in [1.807, 2.05) is 12.1 Å². The Kier molecular flexibility index (Phi) is 8.92. The fourth-order valence-electron chi connectivity index (χ4n) is 3.25. The number of rotatable bonds is 10. The second-order valence-corrected chi connectivity index (χ2v) is 8.86. The molecule has 170 valence electrons. The molecular formula is C22H25Cl2N5O2S. The number of hydrogen-bond donors (Lipinski definition) is 1. The van der Waals surface area contributed by atoms with Crippen molar-refractivity contribution in [2.75, 3.05) is 30.7 Å². The number of nitrogens with zero attached hydrogens (tertiary/aromatic N) is 4.